The minimum Gasteiger partial charge on any atom is -0.490 e. The van der Waals surface area contributed by atoms with Crippen molar-refractivity contribution in [1.82, 2.24) is 4.90 Å². The van der Waals surface area contributed by atoms with Crippen LogP contribution in [-0.4, -0.2) is 54.4 Å². The molecule has 0 amide bonds. The van der Waals surface area contributed by atoms with Crippen molar-refractivity contribution in [2.45, 2.75) is 56.0 Å². The van der Waals surface area contributed by atoms with Crippen LogP contribution in [0.5, 0.6) is 5.75 Å². The number of benzene rings is 2. The number of carboxylic acid groups (broad SMARTS) is 1. The summed E-state index contributed by atoms with van der Waals surface area (Å²) >= 11 is 6.35. The fourth-order valence-corrected chi connectivity index (χ4v) is 6.40. The normalized spacial score (nSPS) is 27.0. The highest BCUT2D eigenvalue weighted by atomic mass is 35.5. The third kappa shape index (κ3) is 5.04. The van der Waals surface area contributed by atoms with Gasteiger partial charge in [-0.2, -0.15) is 0 Å². The number of ether oxygens (including phenoxy) is 1. The summed E-state index contributed by atoms with van der Waals surface area (Å²) in [5, 5.41) is 22.5. The number of hydrogen-bond donors (Lipinski definition) is 2. The highest BCUT2D eigenvalue weighted by Crippen LogP contribution is 2.45. The van der Waals surface area contributed by atoms with Crippen LogP contribution in [0.3, 0.4) is 0 Å². The monoisotopic (exact) mass is 536 g/mol. The van der Waals surface area contributed by atoms with E-state index in [1.54, 1.807) is 6.07 Å². The van der Waals surface area contributed by atoms with Crippen molar-refractivity contribution in [2.75, 3.05) is 38.2 Å². The quantitative estimate of drug-likeness (QED) is 0.458. The van der Waals surface area contributed by atoms with E-state index < -0.39 is 11.6 Å². The largest absolute Gasteiger partial charge is 0.490 e. The first kappa shape index (κ1) is 26.6. The van der Waals surface area contributed by atoms with Crippen LogP contribution in [0.15, 0.2) is 60.8 Å². The minimum atomic E-state index is -2.10. The molecule has 0 aromatic heterocycles. The van der Waals surface area contributed by atoms with Crippen molar-refractivity contribution in [3.8, 4) is 5.75 Å². The lowest BCUT2D eigenvalue weighted by atomic mass is 9.70. The Kier molecular flexibility index (Phi) is 7.47. The van der Waals surface area contributed by atoms with Gasteiger partial charge in [-0.05, 0) is 79.5 Å². The lowest BCUT2D eigenvalue weighted by molar-refractivity contribution is -0.160. The molecule has 2 heterocycles. The van der Waals surface area contributed by atoms with E-state index in [-0.39, 0.29) is 11.8 Å². The third-order valence-electron chi connectivity index (χ3n) is 8.46. The average molecular weight is 537 g/mol. The number of fused-ring (bicyclic) bond motifs is 3. The molecule has 202 valence electrons. The van der Waals surface area contributed by atoms with Gasteiger partial charge in [-0.25, -0.2) is 4.79 Å². The van der Waals surface area contributed by atoms with Gasteiger partial charge in [0.2, 0.25) is 0 Å². The van der Waals surface area contributed by atoms with Gasteiger partial charge < -0.3 is 24.7 Å². The highest BCUT2D eigenvalue weighted by molar-refractivity contribution is 6.30. The summed E-state index contributed by atoms with van der Waals surface area (Å²) < 4.78 is 6.50. The van der Waals surface area contributed by atoms with Crippen molar-refractivity contribution in [3.05, 3.63) is 82.5 Å². The van der Waals surface area contributed by atoms with Crippen molar-refractivity contribution >= 4 is 23.3 Å². The zero-order chi connectivity index (χ0) is 26.9. The van der Waals surface area contributed by atoms with Crippen LogP contribution in [0, 0.1) is 0 Å². The first-order chi connectivity index (χ1) is 18.2. The Morgan fingerprint density at radius 2 is 1.92 bits per heavy atom. The van der Waals surface area contributed by atoms with Gasteiger partial charge in [-0.15, -0.1) is 0 Å². The number of carboxylic acids is 1. The second-order valence-corrected chi connectivity index (χ2v) is 11.5. The molecule has 2 N–H and O–H groups in total. The van der Waals surface area contributed by atoms with E-state index in [1.165, 1.54) is 11.1 Å². The highest BCUT2D eigenvalue weighted by Gasteiger charge is 2.43. The van der Waals surface area contributed by atoms with E-state index in [0.717, 1.165) is 68.1 Å². The van der Waals surface area contributed by atoms with Crippen molar-refractivity contribution in [3.63, 3.8) is 0 Å². The van der Waals surface area contributed by atoms with Crippen LogP contribution in [0.2, 0.25) is 5.02 Å². The van der Waals surface area contributed by atoms with Crippen molar-refractivity contribution < 1.29 is 19.7 Å². The summed E-state index contributed by atoms with van der Waals surface area (Å²) in [4.78, 5) is 16.7. The van der Waals surface area contributed by atoms with E-state index >= 15 is 0 Å². The molecule has 0 unspecified atom stereocenters. The van der Waals surface area contributed by atoms with Gasteiger partial charge in [0, 0.05) is 49.2 Å². The maximum atomic E-state index is 12.5. The van der Waals surface area contributed by atoms with Gasteiger partial charge in [0.1, 0.15) is 5.75 Å². The second kappa shape index (κ2) is 10.7. The van der Waals surface area contributed by atoms with Crippen LogP contribution in [0.25, 0.3) is 0 Å². The number of aliphatic hydroxyl groups is 1. The molecule has 2 aromatic rings. The van der Waals surface area contributed by atoms with Gasteiger partial charge in [-0.3, -0.25) is 0 Å². The zero-order valence-corrected chi connectivity index (χ0v) is 22.8. The average Bonchev–Trinajstić information content (AvgIpc) is 3.04. The summed E-state index contributed by atoms with van der Waals surface area (Å²) in [6.45, 7) is 6.89. The number of anilines is 1. The molecule has 5 rings (SSSR count). The van der Waals surface area contributed by atoms with Gasteiger partial charge in [0.25, 0.3) is 0 Å². The van der Waals surface area contributed by atoms with Crippen LogP contribution in [0.4, 0.5) is 5.69 Å². The van der Waals surface area contributed by atoms with E-state index in [9.17, 15) is 15.0 Å². The van der Waals surface area contributed by atoms with Crippen molar-refractivity contribution in [1.29, 1.82) is 0 Å². The van der Waals surface area contributed by atoms with Gasteiger partial charge in [0.15, 0.2) is 5.60 Å². The van der Waals surface area contributed by atoms with Crippen LogP contribution in [-0.2, 0) is 22.2 Å². The molecule has 0 saturated heterocycles. The first-order valence-electron chi connectivity index (χ1n) is 13.5. The smallest absolute Gasteiger partial charge is 0.340 e. The number of allylic oxidation sites excluding steroid dienone is 1. The molecular formula is C31H37ClN2O4. The molecule has 3 aliphatic rings. The summed E-state index contributed by atoms with van der Waals surface area (Å²) in [6.07, 6.45) is 10.1. The standard InChI is InChI=1S/C31H37ClN2O4/c1-22-19-31(37,29(35)36)24-10-13-28-27(18-24)34(16-7-5-3-4-6-15-33(22)2)20-30(21-38-28)14-8-9-23-17-25(32)11-12-26(23)30/h3-4,10-13,17-18,37H,1,5-9,14-16,19-21H2,2H3,(H,35,36)/b4-3-/t30-,31-/m0/s1. The predicted octanol–water partition coefficient (Wildman–Crippen LogP) is 5.66. The second-order valence-electron chi connectivity index (χ2n) is 11.1. The fourth-order valence-electron chi connectivity index (χ4n) is 6.20. The zero-order valence-electron chi connectivity index (χ0n) is 22.1. The number of aliphatic carboxylic acids is 1. The van der Waals surface area contributed by atoms with Crippen molar-refractivity contribution in [2.24, 2.45) is 0 Å². The Bertz CT molecular complexity index is 1260. The Morgan fingerprint density at radius 3 is 2.74 bits per heavy atom. The predicted molar refractivity (Wildman–Crippen MR) is 151 cm³/mol. The molecule has 2 aromatic carbocycles. The molecule has 1 aliphatic carbocycles. The van der Waals surface area contributed by atoms with E-state index in [1.807, 2.05) is 30.1 Å². The topological polar surface area (TPSA) is 73.2 Å². The molecule has 0 radical (unpaired) electrons. The summed E-state index contributed by atoms with van der Waals surface area (Å²) in [5.74, 6) is -0.567. The lowest BCUT2D eigenvalue weighted by Crippen LogP contribution is -2.46. The molecule has 0 fully saturated rings. The number of hydrogen-bond acceptors (Lipinski definition) is 5. The van der Waals surface area contributed by atoms with Gasteiger partial charge in [0.05, 0.1) is 12.3 Å². The van der Waals surface area contributed by atoms with Crippen LogP contribution < -0.4 is 9.64 Å². The molecule has 6 nitrogen and oxygen atoms in total. The molecule has 2 atom stereocenters. The molecule has 0 saturated carbocycles. The van der Waals surface area contributed by atoms with Gasteiger partial charge in [-0.1, -0.05) is 42.5 Å². The number of aryl methyl sites for hydroxylation is 1. The Labute approximate surface area is 230 Å². The van der Waals surface area contributed by atoms with E-state index in [2.05, 4.69) is 35.8 Å². The molecular weight excluding hydrogens is 500 g/mol. The minimum absolute atomic E-state index is 0.0970. The number of halogens is 1. The summed E-state index contributed by atoms with van der Waals surface area (Å²) in [6, 6.07) is 11.5. The van der Waals surface area contributed by atoms with E-state index in [0.29, 0.717) is 24.4 Å². The summed E-state index contributed by atoms with van der Waals surface area (Å²) in [7, 11) is 1.89. The first-order valence-corrected chi connectivity index (χ1v) is 13.9. The Hall–Kier alpha value is -2.96. The molecule has 2 aliphatic heterocycles. The Balaban J connectivity index is 1.59. The number of carbonyl (C=O) groups is 1. The third-order valence-corrected chi connectivity index (χ3v) is 8.70. The van der Waals surface area contributed by atoms with Crippen LogP contribution >= 0.6 is 11.6 Å². The fraction of sp³-hybridized carbons (Fsp3) is 0.452. The molecule has 38 heavy (non-hydrogen) atoms. The lowest BCUT2D eigenvalue weighted by Gasteiger charge is -2.41. The molecule has 2 bridgehead atoms. The Morgan fingerprint density at radius 1 is 1.11 bits per heavy atom. The summed E-state index contributed by atoms with van der Waals surface area (Å²) in [5.41, 5.74) is 2.03. The molecule has 1 spiro atoms. The number of rotatable bonds is 1. The maximum absolute atomic E-state index is 12.5. The number of nitrogens with zero attached hydrogens (tertiary/aromatic N) is 2. The molecule has 7 heteroatoms. The van der Waals surface area contributed by atoms with Gasteiger partial charge >= 0.3 is 5.97 Å². The SMILES string of the molecule is C=C1C[C@@](O)(C(=O)O)c2ccc3c(c2)N(CCC/C=C\CCN1C)C[C@@]1(CCCc2cc(Cl)ccc21)CO3. The maximum Gasteiger partial charge on any atom is 0.340 e. The van der Waals surface area contributed by atoms with Crippen LogP contribution in [0.1, 0.15) is 55.2 Å². The van der Waals surface area contributed by atoms with E-state index in [4.69, 9.17) is 16.3 Å².